The molecule has 0 spiro atoms. The predicted octanol–water partition coefficient (Wildman–Crippen LogP) is 3.34. The molecule has 2 aromatic rings. The number of anilines is 1. The number of methoxy groups -OCH3 is 2. The van der Waals surface area contributed by atoms with Gasteiger partial charge in [-0.3, -0.25) is 13.9 Å². The third-order valence-electron chi connectivity index (χ3n) is 6.65. The van der Waals surface area contributed by atoms with Crippen LogP contribution in [0.3, 0.4) is 0 Å². The largest absolute Gasteiger partial charge is 0.497 e. The minimum atomic E-state index is -3.90. The first kappa shape index (κ1) is 28.3. The monoisotopic (exact) mass is 531 g/mol. The zero-order chi connectivity index (χ0) is 27.0. The van der Waals surface area contributed by atoms with Crippen LogP contribution in [0.4, 0.5) is 5.69 Å². The van der Waals surface area contributed by atoms with E-state index in [2.05, 4.69) is 5.32 Å². The maximum Gasteiger partial charge on any atom is 0.244 e. The molecular weight excluding hydrogens is 494 g/mol. The molecule has 1 atom stereocenters. The molecule has 1 N–H and O–H groups in total. The lowest BCUT2D eigenvalue weighted by Gasteiger charge is -2.33. The number of nitrogens with one attached hydrogen (secondary N) is 1. The van der Waals surface area contributed by atoms with Gasteiger partial charge in [-0.1, -0.05) is 49.6 Å². The van der Waals surface area contributed by atoms with Crippen LogP contribution in [0.1, 0.15) is 44.6 Å². The van der Waals surface area contributed by atoms with Crippen molar-refractivity contribution in [2.24, 2.45) is 0 Å². The van der Waals surface area contributed by atoms with Crippen LogP contribution in [-0.4, -0.2) is 64.2 Å². The molecule has 2 amide bonds. The molecule has 0 saturated heterocycles. The van der Waals surface area contributed by atoms with E-state index in [1.807, 2.05) is 30.3 Å². The average molecular weight is 532 g/mol. The van der Waals surface area contributed by atoms with Gasteiger partial charge in [0.05, 0.1) is 26.2 Å². The molecule has 1 aliphatic rings. The van der Waals surface area contributed by atoms with Crippen molar-refractivity contribution in [1.29, 1.82) is 0 Å². The second kappa shape index (κ2) is 12.8. The van der Waals surface area contributed by atoms with Crippen molar-refractivity contribution in [2.45, 2.75) is 57.7 Å². The Hall–Kier alpha value is -3.27. The maximum absolute atomic E-state index is 13.7. The van der Waals surface area contributed by atoms with E-state index in [0.29, 0.717) is 5.75 Å². The molecule has 1 fully saturated rings. The number of amides is 2. The van der Waals surface area contributed by atoms with Crippen LogP contribution in [-0.2, 0) is 26.2 Å². The molecule has 10 heteroatoms. The number of hydrogen-bond acceptors (Lipinski definition) is 6. The fraction of sp³-hybridized carbons (Fsp3) is 0.481. The van der Waals surface area contributed by atoms with Gasteiger partial charge in [0.15, 0.2) is 0 Å². The Morgan fingerprint density at radius 3 is 2.30 bits per heavy atom. The van der Waals surface area contributed by atoms with Crippen molar-refractivity contribution in [3.05, 3.63) is 54.1 Å². The van der Waals surface area contributed by atoms with E-state index >= 15 is 0 Å². The molecule has 1 aliphatic carbocycles. The molecule has 202 valence electrons. The number of carbonyl (C=O) groups is 2. The van der Waals surface area contributed by atoms with Gasteiger partial charge in [-0.15, -0.1) is 0 Å². The van der Waals surface area contributed by atoms with Crippen molar-refractivity contribution >= 4 is 27.5 Å². The summed E-state index contributed by atoms with van der Waals surface area (Å²) < 4.78 is 37.4. The normalized spacial score (nSPS) is 14.9. The number of ether oxygens (including phenoxy) is 2. The molecule has 0 aromatic heterocycles. The van der Waals surface area contributed by atoms with E-state index in [4.69, 9.17) is 9.47 Å². The first-order valence-corrected chi connectivity index (χ1v) is 14.3. The number of sulfonamides is 1. The molecule has 3 rings (SSSR count). The zero-order valence-electron chi connectivity index (χ0n) is 22.0. The molecule has 9 nitrogen and oxygen atoms in total. The van der Waals surface area contributed by atoms with Gasteiger partial charge in [0.1, 0.15) is 24.1 Å². The minimum Gasteiger partial charge on any atom is -0.497 e. The van der Waals surface area contributed by atoms with Crippen LogP contribution in [0.5, 0.6) is 11.5 Å². The smallest absolute Gasteiger partial charge is 0.244 e. The Morgan fingerprint density at radius 1 is 1.03 bits per heavy atom. The van der Waals surface area contributed by atoms with Crippen molar-refractivity contribution in [3.8, 4) is 11.5 Å². The van der Waals surface area contributed by atoms with E-state index in [9.17, 15) is 18.0 Å². The lowest BCUT2D eigenvalue weighted by atomic mass is 9.95. The van der Waals surface area contributed by atoms with Crippen LogP contribution in [0, 0.1) is 0 Å². The Morgan fingerprint density at radius 2 is 1.70 bits per heavy atom. The quantitative estimate of drug-likeness (QED) is 0.477. The SMILES string of the molecule is COc1ccc(OC)c(N(CC(=O)N(Cc2ccccc2)[C@H](C)C(=O)NC2CCCCC2)S(C)(=O)=O)c1. The fourth-order valence-corrected chi connectivity index (χ4v) is 5.36. The summed E-state index contributed by atoms with van der Waals surface area (Å²) in [6, 6.07) is 13.3. The van der Waals surface area contributed by atoms with Gasteiger partial charge in [-0.05, 0) is 37.5 Å². The highest BCUT2D eigenvalue weighted by Gasteiger charge is 2.32. The van der Waals surface area contributed by atoms with Crippen LogP contribution in [0.25, 0.3) is 0 Å². The van der Waals surface area contributed by atoms with Crippen molar-refractivity contribution in [2.75, 3.05) is 31.3 Å². The maximum atomic E-state index is 13.7. The van der Waals surface area contributed by atoms with Gasteiger partial charge in [0.2, 0.25) is 21.8 Å². The second-order valence-corrected chi connectivity index (χ2v) is 11.2. The van der Waals surface area contributed by atoms with Crippen LogP contribution < -0.4 is 19.1 Å². The molecule has 1 saturated carbocycles. The van der Waals surface area contributed by atoms with Gasteiger partial charge < -0.3 is 19.7 Å². The molecular formula is C27H37N3O6S. The van der Waals surface area contributed by atoms with E-state index in [1.165, 1.54) is 25.2 Å². The highest BCUT2D eigenvalue weighted by atomic mass is 32.2. The van der Waals surface area contributed by atoms with Gasteiger partial charge in [-0.25, -0.2) is 8.42 Å². The fourth-order valence-electron chi connectivity index (χ4n) is 4.52. The molecule has 0 aliphatic heterocycles. The lowest BCUT2D eigenvalue weighted by Crippen LogP contribution is -2.53. The average Bonchev–Trinajstić information content (AvgIpc) is 2.90. The number of benzene rings is 2. The lowest BCUT2D eigenvalue weighted by molar-refractivity contribution is -0.139. The summed E-state index contributed by atoms with van der Waals surface area (Å²) >= 11 is 0. The summed E-state index contributed by atoms with van der Waals surface area (Å²) in [5.41, 5.74) is 1.01. The summed E-state index contributed by atoms with van der Waals surface area (Å²) in [5, 5.41) is 3.09. The Labute approximate surface area is 219 Å². The van der Waals surface area contributed by atoms with Gasteiger partial charge in [-0.2, -0.15) is 0 Å². The molecule has 37 heavy (non-hydrogen) atoms. The van der Waals surface area contributed by atoms with E-state index in [1.54, 1.807) is 19.1 Å². The number of carbonyl (C=O) groups excluding carboxylic acids is 2. The Bertz CT molecular complexity index is 1170. The molecule has 0 unspecified atom stereocenters. The standard InChI is InChI=1S/C27H37N3O6S/c1-20(27(32)28-22-13-9-6-10-14-22)29(18-21-11-7-5-8-12-21)26(31)19-30(37(4,33)34)24-17-23(35-2)15-16-25(24)36-3/h5,7-8,11-12,15-17,20,22H,6,9-10,13-14,18-19H2,1-4H3,(H,28,32)/t20-/m1/s1. The number of hydrogen-bond donors (Lipinski definition) is 1. The van der Waals surface area contributed by atoms with Crippen molar-refractivity contribution in [3.63, 3.8) is 0 Å². The number of rotatable bonds is 11. The summed E-state index contributed by atoms with van der Waals surface area (Å²) in [4.78, 5) is 28.4. The second-order valence-electron chi connectivity index (χ2n) is 9.33. The first-order chi connectivity index (χ1) is 17.6. The molecule has 0 heterocycles. The van der Waals surface area contributed by atoms with Crippen LogP contribution in [0.15, 0.2) is 48.5 Å². The topological polar surface area (TPSA) is 105 Å². The highest BCUT2D eigenvalue weighted by molar-refractivity contribution is 7.92. The predicted molar refractivity (Wildman–Crippen MR) is 143 cm³/mol. The summed E-state index contributed by atoms with van der Waals surface area (Å²) in [6.45, 7) is 1.33. The van der Waals surface area contributed by atoms with Gasteiger partial charge in [0.25, 0.3) is 0 Å². The van der Waals surface area contributed by atoms with Gasteiger partial charge in [0, 0.05) is 18.7 Å². The zero-order valence-corrected chi connectivity index (χ0v) is 22.8. The van der Waals surface area contributed by atoms with Crippen LogP contribution in [0.2, 0.25) is 0 Å². The molecule has 0 bridgehead atoms. The Balaban J connectivity index is 1.91. The van der Waals surface area contributed by atoms with E-state index in [0.717, 1.165) is 48.2 Å². The van der Waals surface area contributed by atoms with Crippen LogP contribution >= 0.6 is 0 Å². The number of nitrogens with zero attached hydrogens (tertiary/aromatic N) is 2. The summed E-state index contributed by atoms with van der Waals surface area (Å²) in [6.07, 6.45) is 6.16. The van der Waals surface area contributed by atoms with E-state index < -0.39 is 28.5 Å². The third kappa shape index (κ3) is 7.61. The third-order valence-corrected chi connectivity index (χ3v) is 7.77. The summed E-state index contributed by atoms with van der Waals surface area (Å²) in [7, 11) is -1.00. The first-order valence-electron chi connectivity index (χ1n) is 12.5. The highest BCUT2D eigenvalue weighted by Crippen LogP contribution is 2.34. The Kier molecular flexibility index (Phi) is 9.79. The van der Waals surface area contributed by atoms with Crippen molar-refractivity contribution < 1.29 is 27.5 Å². The van der Waals surface area contributed by atoms with Crippen molar-refractivity contribution in [1.82, 2.24) is 10.2 Å². The summed E-state index contributed by atoms with van der Waals surface area (Å²) in [5.74, 6) is -0.0681. The molecule has 0 radical (unpaired) electrons. The van der Waals surface area contributed by atoms with E-state index in [-0.39, 0.29) is 29.9 Å². The minimum absolute atomic E-state index is 0.0888. The van der Waals surface area contributed by atoms with Gasteiger partial charge >= 0.3 is 0 Å². The molecule has 2 aromatic carbocycles.